The first-order valence-electron chi connectivity index (χ1n) is 6.39. The van der Waals surface area contributed by atoms with E-state index in [-0.39, 0.29) is 0 Å². The minimum atomic E-state index is -0.535. The lowest BCUT2D eigenvalue weighted by Crippen LogP contribution is -2.11. The smallest absolute Gasteiger partial charge is 0.250 e. The summed E-state index contributed by atoms with van der Waals surface area (Å²) < 4.78 is 1.96. The molecule has 0 aliphatic carbocycles. The predicted octanol–water partition coefficient (Wildman–Crippen LogP) is 2.70. The van der Waals surface area contributed by atoms with Crippen LogP contribution >= 0.6 is 11.6 Å². The van der Waals surface area contributed by atoms with E-state index >= 15 is 0 Å². The molecular formula is C15H13ClN4O. The topological polar surface area (TPSA) is 72.4 Å². The van der Waals surface area contributed by atoms with Gasteiger partial charge in [0.15, 0.2) is 0 Å². The van der Waals surface area contributed by atoms with Crippen LogP contribution in [0, 0.1) is 0 Å². The average Bonchev–Trinajstić information content (AvgIpc) is 2.87. The van der Waals surface area contributed by atoms with Crippen LogP contribution in [0.3, 0.4) is 0 Å². The Morgan fingerprint density at radius 3 is 2.90 bits per heavy atom. The molecule has 5 nitrogen and oxygen atoms in total. The standard InChI is InChI=1S/C15H13ClN4O/c16-13-7-10(4-5-12(13)15(17)21)18-8-11-9-20-6-2-1-3-14(20)19-11/h1-7,9,18H,8H2,(H2,17,21). The number of pyridine rings is 1. The Labute approximate surface area is 126 Å². The van der Waals surface area contributed by atoms with Gasteiger partial charge < -0.3 is 15.5 Å². The summed E-state index contributed by atoms with van der Waals surface area (Å²) in [5.41, 5.74) is 8.15. The maximum atomic E-state index is 11.1. The maximum absolute atomic E-state index is 11.1. The number of imidazole rings is 1. The zero-order valence-corrected chi connectivity index (χ0v) is 11.8. The number of benzene rings is 1. The van der Waals surface area contributed by atoms with E-state index in [1.807, 2.05) is 35.0 Å². The molecule has 6 heteroatoms. The fourth-order valence-corrected chi connectivity index (χ4v) is 2.36. The molecule has 0 saturated heterocycles. The highest BCUT2D eigenvalue weighted by Gasteiger charge is 2.07. The fourth-order valence-electron chi connectivity index (χ4n) is 2.09. The number of hydrogen-bond acceptors (Lipinski definition) is 3. The van der Waals surface area contributed by atoms with Gasteiger partial charge >= 0.3 is 0 Å². The zero-order chi connectivity index (χ0) is 14.8. The lowest BCUT2D eigenvalue weighted by atomic mass is 10.2. The van der Waals surface area contributed by atoms with Gasteiger partial charge in [0.25, 0.3) is 0 Å². The SMILES string of the molecule is NC(=O)c1ccc(NCc2cn3ccccc3n2)cc1Cl. The summed E-state index contributed by atoms with van der Waals surface area (Å²) in [6.45, 7) is 0.563. The first-order chi connectivity index (χ1) is 10.1. The lowest BCUT2D eigenvalue weighted by Gasteiger charge is -2.06. The minimum Gasteiger partial charge on any atom is -0.379 e. The van der Waals surface area contributed by atoms with E-state index in [0.717, 1.165) is 17.0 Å². The monoisotopic (exact) mass is 300 g/mol. The number of nitrogens with zero attached hydrogens (tertiary/aromatic N) is 2. The summed E-state index contributed by atoms with van der Waals surface area (Å²) in [5, 5.41) is 3.55. The number of nitrogens with one attached hydrogen (secondary N) is 1. The number of carbonyl (C=O) groups is 1. The molecule has 21 heavy (non-hydrogen) atoms. The van der Waals surface area contributed by atoms with Crippen LogP contribution in [0.15, 0.2) is 48.8 Å². The Morgan fingerprint density at radius 1 is 1.33 bits per heavy atom. The molecule has 0 saturated carbocycles. The molecule has 3 rings (SSSR count). The third-order valence-electron chi connectivity index (χ3n) is 3.12. The zero-order valence-electron chi connectivity index (χ0n) is 11.1. The van der Waals surface area contributed by atoms with Crippen LogP contribution in [0.25, 0.3) is 5.65 Å². The Bertz CT molecular complexity index is 779. The van der Waals surface area contributed by atoms with Gasteiger partial charge in [-0.15, -0.1) is 0 Å². The lowest BCUT2D eigenvalue weighted by molar-refractivity contribution is 0.100. The largest absolute Gasteiger partial charge is 0.379 e. The van der Waals surface area contributed by atoms with Gasteiger partial charge in [0.2, 0.25) is 5.91 Å². The summed E-state index contributed by atoms with van der Waals surface area (Å²) in [6.07, 6.45) is 3.91. The second-order valence-corrected chi connectivity index (χ2v) is 5.02. The Morgan fingerprint density at radius 2 is 2.19 bits per heavy atom. The second kappa shape index (κ2) is 5.46. The Hall–Kier alpha value is -2.53. The summed E-state index contributed by atoms with van der Waals surface area (Å²) in [7, 11) is 0. The molecule has 0 bridgehead atoms. The van der Waals surface area contributed by atoms with Crippen LogP contribution in [-0.2, 0) is 6.54 Å². The summed E-state index contributed by atoms with van der Waals surface area (Å²) in [4.78, 5) is 15.6. The van der Waals surface area contributed by atoms with E-state index in [1.54, 1.807) is 18.2 Å². The van der Waals surface area contributed by atoms with E-state index < -0.39 is 5.91 Å². The Balaban J connectivity index is 1.75. The van der Waals surface area contributed by atoms with Gasteiger partial charge in [-0.2, -0.15) is 0 Å². The first kappa shape index (κ1) is 13.5. The Kier molecular flexibility index (Phi) is 3.50. The molecule has 0 fully saturated rings. The van der Waals surface area contributed by atoms with Crippen molar-refractivity contribution >= 4 is 28.8 Å². The van der Waals surface area contributed by atoms with Crippen LogP contribution in [0.2, 0.25) is 5.02 Å². The second-order valence-electron chi connectivity index (χ2n) is 4.61. The van der Waals surface area contributed by atoms with Crippen molar-refractivity contribution in [3.63, 3.8) is 0 Å². The molecule has 3 aromatic rings. The molecule has 0 aliphatic rings. The third-order valence-corrected chi connectivity index (χ3v) is 3.43. The van der Waals surface area contributed by atoms with Crippen molar-refractivity contribution in [2.75, 3.05) is 5.32 Å². The number of aromatic nitrogens is 2. The van der Waals surface area contributed by atoms with Gasteiger partial charge in [-0.05, 0) is 30.3 Å². The van der Waals surface area contributed by atoms with E-state index in [9.17, 15) is 4.79 Å². The van der Waals surface area contributed by atoms with Crippen molar-refractivity contribution < 1.29 is 4.79 Å². The molecule has 0 aliphatic heterocycles. The molecule has 0 radical (unpaired) electrons. The van der Waals surface area contributed by atoms with Crippen LogP contribution in [0.4, 0.5) is 5.69 Å². The normalized spacial score (nSPS) is 10.7. The number of halogens is 1. The van der Waals surface area contributed by atoms with E-state index in [0.29, 0.717) is 17.1 Å². The number of anilines is 1. The fraction of sp³-hybridized carbons (Fsp3) is 0.0667. The van der Waals surface area contributed by atoms with E-state index in [2.05, 4.69) is 10.3 Å². The van der Waals surface area contributed by atoms with Crippen molar-refractivity contribution in [2.45, 2.75) is 6.54 Å². The van der Waals surface area contributed by atoms with E-state index in [4.69, 9.17) is 17.3 Å². The first-order valence-corrected chi connectivity index (χ1v) is 6.77. The van der Waals surface area contributed by atoms with E-state index in [1.165, 1.54) is 0 Å². The summed E-state index contributed by atoms with van der Waals surface area (Å²) in [6, 6.07) is 10.9. The number of hydrogen-bond donors (Lipinski definition) is 2. The number of amides is 1. The number of fused-ring (bicyclic) bond motifs is 1. The van der Waals surface area contributed by atoms with Gasteiger partial charge in [0.1, 0.15) is 5.65 Å². The van der Waals surface area contributed by atoms with Crippen molar-refractivity contribution in [1.29, 1.82) is 0 Å². The molecule has 0 atom stereocenters. The number of nitrogens with two attached hydrogens (primary N) is 1. The molecule has 1 aromatic carbocycles. The van der Waals surface area contributed by atoms with Crippen molar-refractivity contribution in [2.24, 2.45) is 5.73 Å². The van der Waals surface area contributed by atoms with Crippen molar-refractivity contribution in [3.8, 4) is 0 Å². The highest BCUT2D eigenvalue weighted by Crippen LogP contribution is 2.21. The maximum Gasteiger partial charge on any atom is 0.250 e. The molecule has 0 unspecified atom stereocenters. The molecule has 1 amide bonds. The van der Waals surface area contributed by atoms with Gasteiger partial charge in [-0.1, -0.05) is 17.7 Å². The van der Waals surface area contributed by atoms with Gasteiger partial charge in [-0.25, -0.2) is 4.98 Å². The quantitative estimate of drug-likeness (QED) is 0.778. The molecular weight excluding hydrogens is 288 g/mol. The van der Waals surface area contributed by atoms with Crippen molar-refractivity contribution in [3.05, 3.63) is 65.1 Å². The molecule has 3 N–H and O–H groups in total. The van der Waals surface area contributed by atoms with Crippen LogP contribution in [0.5, 0.6) is 0 Å². The predicted molar refractivity (Wildman–Crippen MR) is 82.5 cm³/mol. The molecule has 2 aromatic heterocycles. The third kappa shape index (κ3) is 2.83. The molecule has 2 heterocycles. The highest BCUT2D eigenvalue weighted by molar-refractivity contribution is 6.34. The van der Waals surface area contributed by atoms with Gasteiger partial charge in [0.05, 0.1) is 22.8 Å². The highest BCUT2D eigenvalue weighted by atomic mass is 35.5. The number of rotatable bonds is 4. The van der Waals surface area contributed by atoms with Crippen LogP contribution in [0.1, 0.15) is 16.1 Å². The van der Waals surface area contributed by atoms with Crippen molar-refractivity contribution in [1.82, 2.24) is 9.38 Å². The number of primary amides is 1. The average molecular weight is 301 g/mol. The minimum absolute atomic E-state index is 0.315. The van der Waals surface area contributed by atoms with Crippen LogP contribution in [-0.4, -0.2) is 15.3 Å². The molecule has 106 valence electrons. The van der Waals surface area contributed by atoms with Crippen LogP contribution < -0.4 is 11.1 Å². The summed E-state index contributed by atoms with van der Waals surface area (Å²) >= 11 is 6.01. The summed E-state index contributed by atoms with van der Waals surface area (Å²) in [5.74, 6) is -0.535. The van der Waals surface area contributed by atoms with Gasteiger partial charge in [0, 0.05) is 18.1 Å². The number of carbonyl (C=O) groups excluding carboxylic acids is 1. The molecule has 0 spiro atoms. The van der Waals surface area contributed by atoms with Gasteiger partial charge in [-0.3, -0.25) is 4.79 Å².